The molecule has 0 spiro atoms. The lowest BCUT2D eigenvalue weighted by Crippen LogP contribution is -2.32. The highest BCUT2D eigenvalue weighted by Crippen LogP contribution is 2.31. The van der Waals surface area contributed by atoms with E-state index in [1.807, 2.05) is 46.2 Å². The fourth-order valence-electron chi connectivity index (χ4n) is 3.89. The normalized spacial score (nSPS) is 16.2. The lowest BCUT2D eigenvalue weighted by atomic mass is 10.1. The van der Waals surface area contributed by atoms with Crippen molar-refractivity contribution in [3.05, 3.63) is 47.4 Å². The van der Waals surface area contributed by atoms with Gasteiger partial charge in [0, 0.05) is 52.4 Å². The van der Waals surface area contributed by atoms with E-state index in [-0.39, 0.29) is 11.9 Å². The minimum Gasteiger partial charge on any atom is -0.378 e. The molecule has 1 amide bonds. The summed E-state index contributed by atoms with van der Waals surface area (Å²) >= 11 is 0. The molecule has 1 aliphatic heterocycles. The smallest absolute Gasteiger partial charge is 0.223 e. The summed E-state index contributed by atoms with van der Waals surface area (Å²) in [4.78, 5) is 28.6. The summed E-state index contributed by atoms with van der Waals surface area (Å²) in [5.74, 6) is 1.74. The third-order valence-electron chi connectivity index (χ3n) is 5.48. The highest BCUT2D eigenvalue weighted by molar-refractivity contribution is 5.77. The molecule has 3 rings (SSSR count). The van der Waals surface area contributed by atoms with Gasteiger partial charge in [-0.25, -0.2) is 9.97 Å². The number of carbonyl (C=O) groups excluding carboxylic acids is 1. The lowest BCUT2D eigenvalue weighted by molar-refractivity contribution is -0.132. The molecule has 1 aliphatic rings. The van der Waals surface area contributed by atoms with E-state index in [9.17, 15) is 4.79 Å². The fourth-order valence-corrected chi connectivity index (χ4v) is 3.89. The van der Waals surface area contributed by atoms with E-state index in [0.717, 1.165) is 49.7 Å². The molecule has 0 radical (unpaired) electrons. The summed E-state index contributed by atoms with van der Waals surface area (Å²) in [6.07, 6.45) is 3.16. The van der Waals surface area contributed by atoms with Crippen molar-refractivity contribution in [1.29, 1.82) is 0 Å². The molecule has 1 unspecified atom stereocenters. The Balaban J connectivity index is 1.69. The molecule has 0 bridgehead atoms. The quantitative estimate of drug-likeness (QED) is 0.722. The number of hydrogen-bond donors (Lipinski definition) is 1. The first-order valence-electron chi connectivity index (χ1n) is 10.6. The van der Waals surface area contributed by atoms with Gasteiger partial charge in [0.15, 0.2) is 5.82 Å². The first kappa shape index (κ1) is 22.0. The maximum absolute atomic E-state index is 13.0. The second-order valence-corrected chi connectivity index (χ2v) is 8.40. The molecule has 1 fully saturated rings. The minimum absolute atomic E-state index is 0.0390. The predicted octanol–water partition coefficient (Wildman–Crippen LogP) is 2.94. The van der Waals surface area contributed by atoms with Crippen molar-refractivity contribution >= 4 is 17.4 Å². The summed E-state index contributed by atoms with van der Waals surface area (Å²) in [6, 6.07) is 10.3. The summed E-state index contributed by atoms with van der Waals surface area (Å²) < 4.78 is 0. The van der Waals surface area contributed by atoms with Crippen LogP contribution >= 0.6 is 0 Å². The van der Waals surface area contributed by atoms with Crippen LogP contribution in [0.5, 0.6) is 0 Å². The Morgan fingerprint density at radius 1 is 1.17 bits per heavy atom. The summed E-state index contributed by atoms with van der Waals surface area (Å²) in [7, 11) is 9.97. The molecule has 2 heterocycles. The van der Waals surface area contributed by atoms with Gasteiger partial charge in [-0.3, -0.25) is 4.79 Å². The molecule has 162 valence electrons. The van der Waals surface area contributed by atoms with Crippen LogP contribution in [0.15, 0.2) is 30.3 Å². The van der Waals surface area contributed by atoms with Crippen molar-refractivity contribution in [3.63, 3.8) is 0 Å². The molecule has 0 saturated carbocycles. The number of benzene rings is 1. The molecule has 30 heavy (non-hydrogen) atoms. The van der Waals surface area contributed by atoms with Gasteiger partial charge in [-0.15, -0.1) is 0 Å². The van der Waals surface area contributed by atoms with Gasteiger partial charge < -0.3 is 20.0 Å². The Hall–Kier alpha value is -2.67. The third-order valence-corrected chi connectivity index (χ3v) is 5.48. The molecular formula is C23H34N6O. The van der Waals surface area contributed by atoms with Crippen LogP contribution in [0.3, 0.4) is 0 Å². The topological polar surface area (TPSA) is 64.6 Å². The average Bonchev–Trinajstić information content (AvgIpc) is 3.21. The van der Waals surface area contributed by atoms with Crippen LogP contribution in [-0.4, -0.2) is 67.5 Å². The number of aryl methyl sites for hydroxylation is 1. The molecular weight excluding hydrogens is 376 g/mol. The summed E-state index contributed by atoms with van der Waals surface area (Å²) in [5.41, 5.74) is 3.32. The van der Waals surface area contributed by atoms with Gasteiger partial charge >= 0.3 is 0 Å². The number of likely N-dealkylation sites (tertiary alicyclic amines) is 1. The Labute approximate surface area is 180 Å². The van der Waals surface area contributed by atoms with Crippen LogP contribution in [0.2, 0.25) is 0 Å². The molecule has 1 saturated heterocycles. The van der Waals surface area contributed by atoms with Gasteiger partial charge in [-0.05, 0) is 51.1 Å². The highest BCUT2D eigenvalue weighted by Gasteiger charge is 2.32. The van der Waals surface area contributed by atoms with Crippen molar-refractivity contribution in [2.75, 3.05) is 52.0 Å². The largest absolute Gasteiger partial charge is 0.378 e. The van der Waals surface area contributed by atoms with Crippen molar-refractivity contribution in [3.8, 4) is 0 Å². The molecule has 1 aromatic heterocycles. The standard InChI is InChI=1S/C23H34N6O/c1-24-21-15-18(16-27(2)3)25-23(26-21)20-7-6-14-29(20)22(30)13-10-17-8-11-19(12-9-17)28(4)5/h8-9,11-12,15,20H,6-7,10,13-14,16H2,1-5H3,(H,24,25,26). The first-order chi connectivity index (χ1) is 14.4. The Morgan fingerprint density at radius 2 is 1.90 bits per heavy atom. The zero-order chi connectivity index (χ0) is 21.7. The minimum atomic E-state index is -0.0390. The second-order valence-electron chi connectivity index (χ2n) is 8.40. The van der Waals surface area contributed by atoms with Crippen LogP contribution in [0.25, 0.3) is 0 Å². The summed E-state index contributed by atoms with van der Waals surface area (Å²) in [6.45, 7) is 1.52. The van der Waals surface area contributed by atoms with Gasteiger partial charge in [0.25, 0.3) is 0 Å². The molecule has 2 aromatic rings. The number of hydrogen-bond acceptors (Lipinski definition) is 6. The van der Waals surface area contributed by atoms with E-state index in [0.29, 0.717) is 6.42 Å². The Bertz CT molecular complexity index is 849. The van der Waals surface area contributed by atoms with E-state index in [1.54, 1.807) is 0 Å². The maximum Gasteiger partial charge on any atom is 0.223 e. The summed E-state index contributed by atoms with van der Waals surface area (Å²) in [5, 5.41) is 3.13. The molecule has 1 N–H and O–H groups in total. The highest BCUT2D eigenvalue weighted by atomic mass is 16.2. The van der Waals surface area contributed by atoms with Crippen molar-refractivity contribution in [1.82, 2.24) is 19.8 Å². The second kappa shape index (κ2) is 9.89. The number of nitrogens with zero attached hydrogens (tertiary/aromatic N) is 5. The SMILES string of the molecule is CNc1cc(CN(C)C)nc(C2CCCN2C(=O)CCc2ccc(N(C)C)cc2)n1. The van der Waals surface area contributed by atoms with Crippen LogP contribution in [-0.2, 0) is 17.8 Å². The predicted molar refractivity (Wildman–Crippen MR) is 122 cm³/mol. The Morgan fingerprint density at radius 3 is 2.53 bits per heavy atom. The van der Waals surface area contributed by atoms with Gasteiger partial charge in [0.05, 0.1) is 11.7 Å². The molecule has 0 aliphatic carbocycles. The first-order valence-corrected chi connectivity index (χ1v) is 10.6. The Kier molecular flexibility index (Phi) is 7.26. The zero-order valence-electron chi connectivity index (χ0n) is 18.9. The number of rotatable bonds is 8. The van der Waals surface area contributed by atoms with Crippen molar-refractivity contribution in [2.45, 2.75) is 38.3 Å². The molecule has 7 nitrogen and oxygen atoms in total. The van der Waals surface area contributed by atoms with Crippen LogP contribution < -0.4 is 10.2 Å². The van der Waals surface area contributed by atoms with E-state index in [4.69, 9.17) is 4.98 Å². The fraction of sp³-hybridized carbons (Fsp3) is 0.522. The van der Waals surface area contributed by atoms with Crippen molar-refractivity contribution < 1.29 is 4.79 Å². The number of amides is 1. The van der Waals surface area contributed by atoms with E-state index < -0.39 is 0 Å². The van der Waals surface area contributed by atoms with Crippen molar-refractivity contribution in [2.24, 2.45) is 0 Å². The zero-order valence-corrected chi connectivity index (χ0v) is 18.9. The van der Waals surface area contributed by atoms with Gasteiger partial charge in [0.2, 0.25) is 5.91 Å². The monoisotopic (exact) mass is 410 g/mol. The number of nitrogens with one attached hydrogen (secondary N) is 1. The molecule has 1 aromatic carbocycles. The maximum atomic E-state index is 13.0. The lowest BCUT2D eigenvalue weighted by Gasteiger charge is -2.25. The van der Waals surface area contributed by atoms with Crippen LogP contribution in [0.1, 0.15) is 42.4 Å². The van der Waals surface area contributed by atoms with Crippen LogP contribution in [0, 0.1) is 0 Å². The molecule has 7 heteroatoms. The van der Waals surface area contributed by atoms with Gasteiger partial charge in [-0.1, -0.05) is 12.1 Å². The number of anilines is 2. The number of aromatic nitrogens is 2. The van der Waals surface area contributed by atoms with Gasteiger partial charge in [0.1, 0.15) is 5.82 Å². The third kappa shape index (κ3) is 5.48. The van der Waals surface area contributed by atoms with Crippen LogP contribution in [0.4, 0.5) is 11.5 Å². The number of carbonyl (C=O) groups is 1. The molecule has 1 atom stereocenters. The van der Waals surface area contributed by atoms with Gasteiger partial charge in [-0.2, -0.15) is 0 Å². The van der Waals surface area contributed by atoms with E-state index >= 15 is 0 Å². The average molecular weight is 411 g/mol. The van der Waals surface area contributed by atoms with E-state index in [1.165, 1.54) is 11.3 Å². The van der Waals surface area contributed by atoms with E-state index in [2.05, 4.69) is 44.4 Å².